The van der Waals surface area contributed by atoms with Gasteiger partial charge in [0.05, 0.1) is 17.8 Å². The van der Waals surface area contributed by atoms with E-state index in [1.54, 1.807) is 0 Å². The molecule has 4 nitrogen and oxygen atoms in total. The highest BCUT2D eigenvalue weighted by atomic mass is 32.1. The molecule has 4 rings (SSSR count). The van der Waals surface area contributed by atoms with Crippen molar-refractivity contribution in [1.29, 1.82) is 0 Å². The number of hydrogen-bond donors (Lipinski definition) is 1. The third kappa shape index (κ3) is 3.06. The molecule has 0 unspecified atom stereocenters. The molecular formula is C20H26N4S. The van der Waals surface area contributed by atoms with E-state index in [2.05, 4.69) is 57.2 Å². The number of aromatic nitrogens is 2. The van der Waals surface area contributed by atoms with Crippen LogP contribution in [0.15, 0.2) is 42.7 Å². The predicted molar refractivity (Wildman–Crippen MR) is 104 cm³/mol. The van der Waals surface area contributed by atoms with Gasteiger partial charge < -0.3 is 14.8 Å². The molecule has 1 saturated heterocycles. The minimum absolute atomic E-state index is 0.107. The van der Waals surface area contributed by atoms with Gasteiger partial charge in [0.1, 0.15) is 0 Å². The number of rotatable bonds is 4. The van der Waals surface area contributed by atoms with E-state index < -0.39 is 0 Å². The molecule has 0 bridgehead atoms. The number of aryl methyl sites for hydroxylation is 1. The van der Waals surface area contributed by atoms with E-state index in [0.717, 1.165) is 17.4 Å². The molecule has 132 valence electrons. The predicted octanol–water partition coefficient (Wildman–Crippen LogP) is 4.21. The Kier molecular flexibility index (Phi) is 4.75. The quantitative estimate of drug-likeness (QED) is 0.834. The molecule has 1 saturated carbocycles. The summed E-state index contributed by atoms with van der Waals surface area (Å²) in [5.74, 6) is 0. The summed E-state index contributed by atoms with van der Waals surface area (Å²) in [6, 6.07) is 11.4. The zero-order chi connectivity index (χ0) is 17.2. The fourth-order valence-electron chi connectivity index (χ4n) is 4.42. The molecule has 5 heteroatoms. The Labute approximate surface area is 155 Å². The lowest BCUT2D eigenvalue weighted by Gasteiger charge is -2.37. The number of pyridine rings is 1. The van der Waals surface area contributed by atoms with E-state index in [4.69, 9.17) is 12.2 Å². The topological polar surface area (TPSA) is 33.1 Å². The van der Waals surface area contributed by atoms with Gasteiger partial charge in [0, 0.05) is 30.7 Å². The second-order valence-corrected chi connectivity index (χ2v) is 7.43. The maximum absolute atomic E-state index is 5.81. The fraction of sp³-hybridized carbons (Fsp3) is 0.500. The van der Waals surface area contributed by atoms with E-state index in [-0.39, 0.29) is 12.1 Å². The molecule has 0 amide bonds. The Morgan fingerprint density at radius 2 is 2.00 bits per heavy atom. The summed E-state index contributed by atoms with van der Waals surface area (Å²) in [5, 5.41) is 4.47. The highest BCUT2D eigenvalue weighted by Gasteiger charge is 2.44. The summed E-state index contributed by atoms with van der Waals surface area (Å²) < 4.78 is 2.34. The molecule has 2 aromatic heterocycles. The van der Waals surface area contributed by atoms with Crippen molar-refractivity contribution in [2.75, 3.05) is 0 Å². The molecule has 0 spiro atoms. The molecule has 0 aromatic carbocycles. The summed E-state index contributed by atoms with van der Waals surface area (Å²) in [7, 11) is 0. The van der Waals surface area contributed by atoms with Crippen LogP contribution in [0.2, 0.25) is 0 Å². The van der Waals surface area contributed by atoms with Crippen LogP contribution in [0, 0.1) is 0 Å². The Bertz CT molecular complexity index is 720. The lowest BCUT2D eigenvalue weighted by Crippen LogP contribution is -2.40. The Morgan fingerprint density at radius 3 is 2.72 bits per heavy atom. The first kappa shape index (κ1) is 16.6. The standard InChI is InChI=1S/C20H26N4S/c1-2-23-14-8-12-17(23)19-18(16-11-6-7-13-21-16)22-20(25)24(19)15-9-4-3-5-10-15/h6-8,11-15,18-19H,2-5,9-10H2,1H3,(H,22,25)/t18-,19-/m0/s1. The van der Waals surface area contributed by atoms with E-state index >= 15 is 0 Å². The molecule has 1 aliphatic carbocycles. The van der Waals surface area contributed by atoms with Crippen LogP contribution in [0.4, 0.5) is 0 Å². The first-order chi connectivity index (χ1) is 12.3. The van der Waals surface area contributed by atoms with Crippen LogP contribution in [0.5, 0.6) is 0 Å². The van der Waals surface area contributed by atoms with Gasteiger partial charge in [-0.15, -0.1) is 0 Å². The molecule has 2 atom stereocenters. The zero-order valence-electron chi connectivity index (χ0n) is 14.8. The summed E-state index contributed by atoms with van der Waals surface area (Å²) in [6.45, 7) is 3.17. The summed E-state index contributed by atoms with van der Waals surface area (Å²) in [6.07, 6.45) is 10.5. The third-order valence-corrected chi connectivity index (χ3v) is 5.94. The fourth-order valence-corrected chi connectivity index (χ4v) is 4.81. The average molecular weight is 355 g/mol. The molecule has 2 aliphatic rings. The first-order valence-electron chi connectivity index (χ1n) is 9.44. The molecule has 25 heavy (non-hydrogen) atoms. The second kappa shape index (κ2) is 7.16. The summed E-state index contributed by atoms with van der Waals surface area (Å²) in [5.41, 5.74) is 2.40. The SMILES string of the molecule is CCn1cccc1[C@H]1[C@H](c2ccccn2)NC(=S)N1C1CCCCC1. The molecule has 0 radical (unpaired) electrons. The maximum atomic E-state index is 5.81. The smallest absolute Gasteiger partial charge is 0.170 e. The Balaban J connectivity index is 1.76. The molecule has 2 fully saturated rings. The van der Waals surface area contributed by atoms with Crippen LogP contribution in [-0.4, -0.2) is 25.6 Å². The average Bonchev–Trinajstić information content (AvgIpc) is 3.26. The lowest BCUT2D eigenvalue weighted by molar-refractivity contribution is 0.191. The molecular weight excluding hydrogens is 328 g/mol. The van der Waals surface area contributed by atoms with Gasteiger partial charge in [-0.3, -0.25) is 4.98 Å². The minimum Gasteiger partial charge on any atom is -0.352 e. The van der Waals surface area contributed by atoms with Gasteiger partial charge in [-0.2, -0.15) is 0 Å². The number of nitrogens with one attached hydrogen (secondary N) is 1. The van der Waals surface area contributed by atoms with Gasteiger partial charge in [-0.25, -0.2) is 0 Å². The van der Waals surface area contributed by atoms with Crippen LogP contribution >= 0.6 is 12.2 Å². The molecule has 1 aliphatic heterocycles. The number of hydrogen-bond acceptors (Lipinski definition) is 2. The van der Waals surface area contributed by atoms with Crippen LogP contribution in [0.3, 0.4) is 0 Å². The van der Waals surface area contributed by atoms with Gasteiger partial charge in [0.25, 0.3) is 0 Å². The third-order valence-electron chi connectivity index (χ3n) is 5.61. The summed E-state index contributed by atoms with van der Waals surface area (Å²) >= 11 is 5.81. The first-order valence-corrected chi connectivity index (χ1v) is 9.85. The van der Waals surface area contributed by atoms with Crippen molar-refractivity contribution >= 4 is 17.3 Å². The zero-order valence-corrected chi connectivity index (χ0v) is 15.6. The van der Waals surface area contributed by atoms with E-state index in [0.29, 0.717) is 6.04 Å². The highest BCUT2D eigenvalue weighted by molar-refractivity contribution is 7.80. The molecule has 1 N–H and O–H groups in total. The molecule has 2 aromatic rings. The van der Waals surface area contributed by atoms with E-state index in [1.165, 1.54) is 37.8 Å². The van der Waals surface area contributed by atoms with Crippen molar-refractivity contribution in [3.8, 4) is 0 Å². The van der Waals surface area contributed by atoms with Gasteiger partial charge in [0.2, 0.25) is 0 Å². The monoisotopic (exact) mass is 354 g/mol. The maximum Gasteiger partial charge on any atom is 0.170 e. The number of nitrogens with zero attached hydrogens (tertiary/aromatic N) is 3. The molecule has 3 heterocycles. The van der Waals surface area contributed by atoms with Gasteiger partial charge >= 0.3 is 0 Å². The van der Waals surface area contributed by atoms with Crippen molar-refractivity contribution in [2.45, 2.75) is 63.7 Å². The van der Waals surface area contributed by atoms with Crippen molar-refractivity contribution in [3.05, 3.63) is 54.1 Å². The van der Waals surface area contributed by atoms with Crippen LogP contribution in [-0.2, 0) is 6.54 Å². The van der Waals surface area contributed by atoms with Crippen molar-refractivity contribution < 1.29 is 0 Å². The Hall–Kier alpha value is -1.88. The largest absolute Gasteiger partial charge is 0.352 e. The van der Waals surface area contributed by atoms with Crippen LogP contribution in [0.1, 0.15) is 62.5 Å². The minimum atomic E-state index is 0.107. The highest BCUT2D eigenvalue weighted by Crippen LogP contribution is 2.42. The van der Waals surface area contributed by atoms with Gasteiger partial charge in [0.15, 0.2) is 5.11 Å². The van der Waals surface area contributed by atoms with Crippen LogP contribution in [0.25, 0.3) is 0 Å². The van der Waals surface area contributed by atoms with Crippen LogP contribution < -0.4 is 5.32 Å². The van der Waals surface area contributed by atoms with E-state index in [9.17, 15) is 0 Å². The summed E-state index contributed by atoms with van der Waals surface area (Å²) in [4.78, 5) is 7.11. The van der Waals surface area contributed by atoms with Crippen molar-refractivity contribution in [1.82, 2.24) is 19.8 Å². The van der Waals surface area contributed by atoms with Gasteiger partial charge in [-0.05, 0) is 56.2 Å². The lowest BCUT2D eigenvalue weighted by atomic mass is 9.92. The normalized spacial score (nSPS) is 24.5. The van der Waals surface area contributed by atoms with E-state index in [1.807, 2.05) is 12.3 Å². The second-order valence-electron chi connectivity index (χ2n) is 7.04. The number of thiocarbonyl (C=S) groups is 1. The van der Waals surface area contributed by atoms with Crippen molar-refractivity contribution in [3.63, 3.8) is 0 Å². The van der Waals surface area contributed by atoms with Gasteiger partial charge in [-0.1, -0.05) is 25.3 Å². The van der Waals surface area contributed by atoms with Crippen molar-refractivity contribution in [2.24, 2.45) is 0 Å². The Morgan fingerprint density at radius 1 is 1.16 bits per heavy atom.